The first-order chi connectivity index (χ1) is 13.0. The molecule has 0 aromatic heterocycles. The van der Waals surface area contributed by atoms with E-state index in [4.69, 9.17) is 9.47 Å². The number of esters is 1. The molecule has 5 nitrogen and oxygen atoms in total. The summed E-state index contributed by atoms with van der Waals surface area (Å²) in [6, 6.07) is 9.80. The Morgan fingerprint density at radius 1 is 1.22 bits per heavy atom. The quantitative estimate of drug-likeness (QED) is 0.759. The Kier molecular flexibility index (Phi) is 4.81. The van der Waals surface area contributed by atoms with Crippen molar-refractivity contribution in [2.24, 2.45) is 5.92 Å². The minimum Gasteiger partial charge on any atom is -0.459 e. The second-order valence-electron chi connectivity index (χ2n) is 8.00. The molecular weight excluding hydrogens is 342 g/mol. The molecule has 1 saturated carbocycles. The maximum Gasteiger partial charge on any atom is 0.303 e. The molecule has 0 N–H and O–H groups in total. The zero-order valence-corrected chi connectivity index (χ0v) is 16.0. The number of hydrogen-bond acceptors (Lipinski definition) is 4. The monoisotopic (exact) mass is 369 g/mol. The third kappa shape index (κ3) is 3.08. The van der Waals surface area contributed by atoms with E-state index in [-0.39, 0.29) is 23.9 Å². The average Bonchev–Trinajstić information content (AvgIpc) is 3.17. The van der Waals surface area contributed by atoms with Gasteiger partial charge in [-0.15, -0.1) is 0 Å². The van der Waals surface area contributed by atoms with Crippen molar-refractivity contribution in [1.29, 1.82) is 0 Å². The van der Waals surface area contributed by atoms with Gasteiger partial charge in [0, 0.05) is 18.1 Å². The van der Waals surface area contributed by atoms with Gasteiger partial charge in [0.2, 0.25) is 0 Å². The lowest BCUT2D eigenvalue weighted by molar-refractivity contribution is -0.160. The van der Waals surface area contributed by atoms with Crippen LogP contribution in [0.1, 0.15) is 57.7 Å². The van der Waals surface area contributed by atoms with E-state index in [1.807, 2.05) is 48.2 Å². The van der Waals surface area contributed by atoms with Gasteiger partial charge >= 0.3 is 5.97 Å². The Balaban J connectivity index is 1.74. The summed E-state index contributed by atoms with van der Waals surface area (Å²) < 4.78 is 12.1. The largest absolute Gasteiger partial charge is 0.459 e. The van der Waals surface area contributed by atoms with Crippen molar-refractivity contribution in [2.45, 2.75) is 63.8 Å². The van der Waals surface area contributed by atoms with E-state index in [1.165, 1.54) is 13.3 Å². The van der Waals surface area contributed by atoms with E-state index in [2.05, 4.69) is 0 Å². The smallest absolute Gasteiger partial charge is 0.303 e. The number of carbonyl (C=O) groups excluding carboxylic acids is 2. The van der Waals surface area contributed by atoms with Crippen molar-refractivity contribution >= 4 is 11.9 Å². The van der Waals surface area contributed by atoms with Gasteiger partial charge in [0.25, 0.3) is 5.91 Å². The molecular formula is C22H27NO4. The highest BCUT2D eigenvalue weighted by molar-refractivity contribution is 5.97. The van der Waals surface area contributed by atoms with Crippen LogP contribution in [-0.4, -0.2) is 35.0 Å². The Morgan fingerprint density at radius 2 is 1.93 bits per heavy atom. The van der Waals surface area contributed by atoms with Crippen LogP contribution in [-0.2, 0) is 19.1 Å². The van der Waals surface area contributed by atoms with Crippen molar-refractivity contribution in [3.8, 4) is 0 Å². The molecule has 1 saturated heterocycles. The summed E-state index contributed by atoms with van der Waals surface area (Å²) in [5, 5.41) is 0. The lowest BCUT2D eigenvalue weighted by Crippen LogP contribution is -2.57. The summed E-state index contributed by atoms with van der Waals surface area (Å²) in [6.07, 6.45) is 6.70. The van der Waals surface area contributed by atoms with E-state index in [9.17, 15) is 9.59 Å². The van der Waals surface area contributed by atoms with Gasteiger partial charge in [0.15, 0.2) is 6.23 Å². The number of amides is 1. The van der Waals surface area contributed by atoms with Crippen LogP contribution >= 0.6 is 0 Å². The van der Waals surface area contributed by atoms with Gasteiger partial charge in [-0.2, -0.15) is 0 Å². The molecule has 2 heterocycles. The van der Waals surface area contributed by atoms with Crippen LogP contribution in [0.3, 0.4) is 0 Å². The van der Waals surface area contributed by atoms with Gasteiger partial charge in [0.1, 0.15) is 11.6 Å². The highest BCUT2D eigenvalue weighted by Gasteiger charge is 2.60. The van der Waals surface area contributed by atoms with E-state index in [0.29, 0.717) is 12.2 Å². The maximum absolute atomic E-state index is 13.1. The molecule has 3 atom stereocenters. The van der Waals surface area contributed by atoms with Gasteiger partial charge in [-0.3, -0.25) is 14.5 Å². The highest BCUT2D eigenvalue weighted by Crippen LogP contribution is 2.49. The minimum atomic E-state index is -0.713. The molecule has 1 aromatic carbocycles. The normalized spacial score (nSPS) is 29.4. The molecule has 0 bridgehead atoms. The van der Waals surface area contributed by atoms with E-state index < -0.39 is 11.8 Å². The fraction of sp³-hybridized carbons (Fsp3) is 0.545. The fourth-order valence-electron chi connectivity index (χ4n) is 4.99. The first kappa shape index (κ1) is 18.2. The number of nitrogens with zero attached hydrogens (tertiary/aromatic N) is 1. The van der Waals surface area contributed by atoms with Crippen molar-refractivity contribution in [2.75, 3.05) is 6.61 Å². The first-order valence-electron chi connectivity index (χ1n) is 9.90. The van der Waals surface area contributed by atoms with Crippen molar-refractivity contribution in [3.05, 3.63) is 47.5 Å². The van der Waals surface area contributed by atoms with Crippen LogP contribution in [0.25, 0.3) is 0 Å². The number of benzene rings is 1. The molecule has 1 aromatic rings. The van der Waals surface area contributed by atoms with E-state index in [1.54, 1.807) is 0 Å². The molecule has 2 fully saturated rings. The molecule has 5 heteroatoms. The number of hydrogen-bond donors (Lipinski definition) is 0. The third-order valence-corrected chi connectivity index (χ3v) is 6.13. The second-order valence-corrected chi connectivity index (χ2v) is 8.00. The highest BCUT2D eigenvalue weighted by atomic mass is 16.6. The Morgan fingerprint density at radius 3 is 2.59 bits per heavy atom. The summed E-state index contributed by atoms with van der Waals surface area (Å²) in [5.41, 5.74) is 0.934. The van der Waals surface area contributed by atoms with Crippen LogP contribution in [0.5, 0.6) is 0 Å². The summed E-state index contributed by atoms with van der Waals surface area (Å²) >= 11 is 0. The van der Waals surface area contributed by atoms with Gasteiger partial charge < -0.3 is 9.47 Å². The summed E-state index contributed by atoms with van der Waals surface area (Å²) in [4.78, 5) is 26.9. The Bertz CT molecular complexity index is 753. The first-order valence-corrected chi connectivity index (χ1v) is 9.90. The van der Waals surface area contributed by atoms with Crippen molar-refractivity contribution in [1.82, 2.24) is 4.90 Å². The Hall–Kier alpha value is -2.14. The molecule has 0 spiro atoms. The minimum absolute atomic E-state index is 0.0330. The predicted octanol–water partition coefficient (Wildman–Crippen LogP) is 3.75. The van der Waals surface area contributed by atoms with Crippen LogP contribution in [0.2, 0.25) is 0 Å². The van der Waals surface area contributed by atoms with Gasteiger partial charge in [-0.05, 0) is 31.8 Å². The van der Waals surface area contributed by atoms with Crippen LogP contribution in [0, 0.1) is 5.92 Å². The van der Waals surface area contributed by atoms with Crippen LogP contribution in [0.4, 0.5) is 0 Å². The van der Waals surface area contributed by atoms with Crippen molar-refractivity contribution in [3.63, 3.8) is 0 Å². The molecule has 1 amide bonds. The molecule has 0 radical (unpaired) electrons. The van der Waals surface area contributed by atoms with Gasteiger partial charge in [0.05, 0.1) is 6.61 Å². The lowest BCUT2D eigenvalue weighted by Gasteiger charge is -2.42. The summed E-state index contributed by atoms with van der Waals surface area (Å²) in [5.74, 6) is -0.0824. The van der Waals surface area contributed by atoms with E-state index in [0.717, 1.165) is 31.2 Å². The molecule has 4 rings (SSSR count). The fourth-order valence-corrected chi connectivity index (χ4v) is 4.99. The third-order valence-electron chi connectivity index (χ3n) is 6.13. The zero-order chi connectivity index (χ0) is 19.0. The number of ether oxygens (including phenoxy) is 2. The lowest BCUT2D eigenvalue weighted by atomic mass is 9.76. The SMILES string of the molecule is CC(=O)O[C@@H](C1CCCCC1)[C@@]12C=C(C)C(=O)N1[C@@H](c1ccccc1)OC2. The van der Waals surface area contributed by atoms with Gasteiger partial charge in [-0.25, -0.2) is 0 Å². The molecule has 2 aliphatic heterocycles. The zero-order valence-electron chi connectivity index (χ0n) is 16.0. The molecule has 1 aliphatic carbocycles. The standard InChI is InChI=1S/C22H27NO4/c1-15-13-22(19(27-16(2)24)17-9-5-3-6-10-17)14-26-21(23(22)20(15)25)18-11-7-4-8-12-18/h4,7-8,11-13,17,19,21H,3,5-6,9-10,14H2,1-2H3/t19-,21+,22-/m0/s1. The van der Waals surface area contributed by atoms with Gasteiger partial charge in [-0.1, -0.05) is 49.6 Å². The summed E-state index contributed by atoms with van der Waals surface area (Å²) in [7, 11) is 0. The number of rotatable bonds is 4. The second kappa shape index (κ2) is 7.12. The molecule has 3 aliphatic rings. The Labute approximate surface area is 160 Å². The van der Waals surface area contributed by atoms with Crippen molar-refractivity contribution < 1.29 is 19.1 Å². The number of carbonyl (C=O) groups is 2. The topological polar surface area (TPSA) is 55.8 Å². The maximum atomic E-state index is 13.1. The number of fused-ring (bicyclic) bond motifs is 1. The molecule has 27 heavy (non-hydrogen) atoms. The summed E-state index contributed by atoms with van der Waals surface area (Å²) in [6.45, 7) is 3.65. The predicted molar refractivity (Wildman–Crippen MR) is 101 cm³/mol. The van der Waals surface area contributed by atoms with Crippen LogP contribution < -0.4 is 0 Å². The van der Waals surface area contributed by atoms with E-state index >= 15 is 0 Å². The average molecular weight is 369 g/mol. The molecule has 144 valence electrons. The van der Waals surface area contributed by atoms with Crippen LogP contribution in [0.15, 0.2) is 42.0 Å². The molecule has 0 unspecified atom stereocenters.